The third kappa shape index (κ3) is 2.60. The Labute approximate surface area is 78.4 Å². The molecule has 1 heterocycles. The molecule has 1 N–H and O–H groups in total. The molecule has 0 aliphatic heterocycles. The first kappa shape index (κ1) is 9.82. The molecule has 1 aromatic rings. The summed E-state index contributed by atoms with van der Waals surface area (Å²) >= 11 is 0. The Morgan fingerprint density at radius 2 is 2.46 bits per heavy atom. The van der Waals surface area contributed by atoms with E-state index in [0.29, 0.717) is 0 Å². The van der Waals surface area contributed by atoms with Crippen LogP contribution in [-0.2, 0) is 6.54 Å². The van der Waals surface area contributed by atoms with Gasteiger partial charge in [-0.15, -0.1) is 5.92 Å². The van der Waals surface area contributed by atoms with Crippen molar-refractivity contribution >= 4 is 0 Å². The van der Waals surface area contributed by atoms with Crippen molar-refractivity contribution in [2.24, 2.45) is 0 Å². The van der Waals surface area contributed by atoms with Gasteiger partial charge in [-0.1, -0.05) is 12.8 Å². The zero-order valence-corrected chi connectivity index (χ0v) is 7.99. The minimum absolute atomic E-state index is 0.699. The standard InChI is InChI=1S/C10H14N2O/c1-3-5-10(13)9-7-11-12(8-9)6-4-2/h7-8,10,13H,4,6H2,1-2H3. The lowest BCUT2D eigenvalue weighted by molar-refractivity contribution is 0.238. The van der Waals surface area contributed by atoms with Gasteiger partial charge in [0.25, 0.3) is 0 Å². The lowest BCUT2D eigenvalue weighted by Crippen LogP contribution is -1.96. The summed E-state index contributed by atoms with van der Waals surface area (Å²) in [7, 11) is 0. The maximum absolute atomic E-state index is 9.48. The van der Waals surface area contributed by atoms with Gasteiger partial charge >= 0.3 is 0 Å². The van der Waals surface area contributed by atoms with E-state index >= 15 is 0 Å². The van der Waals surface area contributed by atoms with Crippen LogP contribution in [0, 0.1) is 11.8 Å². The zero-order valence-electron chi connectivity index (χ0n) is 7.99. The summed E-state index contributed by atoms with van der Waals surface area (Å²) in [4.78, 5) is 0. The van der Waals surface area contributed by atoms with E-state index in [1.54, 1.807) is 13.1 Å². The molecule has 1 unspecified atom stereocenters. The summed E-state index contributed by atoms with van der Waals surface area (Å²) in [5, 5.41) is 13.6. The van der Waals surface area contributed by atoms with Crippen LogP contribution >= 0.6 is 0 Å². The third-order valence-corrected chi connectivity index (χ3v) is 1.70. The molecule has 0 fully saturated rings. The number of aryl methyl sites for hydroxylation is 1. The number of aliphatic hydroxyl groups excluding tert-OH is 1. The van der Waals surface area contributed by atoms with Crippen molar-refractivity contribution in [3.05, 3.63) is 18.0 Å². The Bertz CT molecular complexity index is 319. The van der Waals surface area contributed by atoms with Crippen LogP contribution in [0.2, 0.25) is 0 Å². The van der Waals surface area contributed by atoms with Gasteiger partial charge < -0.3 is 5.11 Å². The first-order chi connectivity index (χ1) is 6.27. The second-order valence-corrected chi connectivity index (χ2v) is 2.83. The fraction of sp³-hybridized carbons (Fsp3) is 0.500. The van der Waals surface area contributed by atoms with Crippen molar-refractivity contribution < 1.29 is 5.11 Å². The summed E-state index contributed by atoms with van der Waals surface area (Å²) in [6, 6.07) is 0. The van der Waals surface area contributed by atoms with E-state index in [2.05, 4.69) is 23.9 Å². The fourth-order valence-electron chi connectivity index (χ4n) is 1.09. The minimum atomic E-state index is -0.699. The number of hydrogen-bond acceptors (Lipinski definition) is 2. The quantitative estimate of drug-likeness (QED) is 0.709. The Hall–Kier alpha value is -1.27. The molecule has 0 aliphatic rings. The molecule has 1 aromatic heterocycles. The molecule has 0 aromatic carbocycles. The van der Waals surface area contributed by atoms with Crippen LogP contribution in [0.1, 0.15) is 31.9 Å². The van der Waals surface area contributed by atoms with E-state index in [-0.39, 0.29) is 0 Å². The maximum atomic E-state index is 9.48. The molecule has 0 aliphatic carbocycles. The highest BCUT2D eigenvalue weighted by Crippen LogP contribution is 2.10. The molecular formula is C10H14N2O. The maximum Gasteiger partial charge on any atom is 0.143 e. The third-order valence-electron chi connectivity index (χ3n) is 1.70. The lowest BCUT2D eigenvalue weighted by Gasteiger charge is -1.97. The molecule has 3 nitrogen and oxygen atoms in total. The number of aliphatic hydroxyl groups is 1. The van der Waals surface area contributed by atoms with Crippen molar-refractivity contribution in [2.75, 3.05) is 0 Å². The van der Waals surface area contributed by atoms with Crippen LogP contribution in [-0.4, -0.2) is 14.9 Å². The first-order valence-electron chi connectivity index (χ1n) is 4.40. The largest absolute Gasteiger partial charge is 0.376 e. The van der Waals surface area contributed by atoms with Gasteiger partial charge in [0, 0.05) is 18.3 Å². The van der Waals surface area contributed by atoms with Crippen LogP contribution in [0.5, 0.6) is 0 Å². The molecule has 70 valence electrons. The number of hydrogen-bond donors (Lipinski definition) is 1. The summed E-state index contributed by atoms with van der Waals surface area (Å²) in [6.45, 7) is 4.68. The molecule has 0 saturated carbocycles. The Morgan fingerprint density at radius 3 is 3.08 bits per heavy atom. The average molecular weight is 178 g/mol. The number of rotatable bonds is 3. The topological polar surface area (TPSA) is 38.1 Å². The van der Waals surface area contributed by atoms with Crippen molar-refractivity contribution in [1.82, 2.24) is 9.78 Å². The summed E-state index contributed by atoms with van der Waals surface area (Å²) in [6.07, 6.45) is 3.83. The van der Waals surface area contributed by atoms with E-state index in [1.807, 2.05) is 10.9 Å². The van der Waals surface area contributed by atoms with Gasteiger partial charge in [-0.3, -0.25) is 4.68 Å². The highest BCUT2D eigenvalue weighted by molar-refractivity contribution is 5.19. The van der Waals surface area contributed by atoms with Crippen LogP contribution < -0.4 is 0 Å². The van der Waals surface area contributed by atoms with Crippen LogP contribution in [0.25, 0.3) is 0 Å². The van der Waals surface area contributed by atoms with Crippen LogP contribution in [0.15, 0.2) is 12.4 Å². The van der Waals surface area contributed by atoms with E-state index in [4.69, 9.17) is 0 Å². The van der Waals surface area contributed by atoms with E-state index in [1.165, 1.54) is 0 Å². The molecule has 0 spiro atoms. The predicted molar refractivity (Wildman–Crippen MR) is 50.9 cm³/mol. The highest BCUT2D eigenvalue weighted by Gasteiger charge is 2.05. The average Bonchev–Trinajstić information content (AvgIpc) is 2.54. The zero-order chi connectivity index (χ0) is 9.68. The van der Waals surface area contributed by atoms with Gasteiger partial charge in [0.15, 0.2) is 0 Å². The summed E-state index contributed by atoms with van der Waals surface area (Å²) < 4.78 is 1.82. The van der Waals surface area contributed by atoms with Crippen molar-refractivity contribution in [3.8, 4) is 11.8 Å². The van der Waals surface area contributed by atoms with Crippen LogP contribution in [0.3, 0.4) is 0 Å². The summed E-state index contributed by atoms with van der Waals surface area (Å²) in [5.41, 5.74) is 0.766. The van der Waals surface area contributed by atoms with Gasteiger partial charge in [0.2, 0.25) is 0 Å². The Balaban J connectivity index is 2.71. The Kier molecular flexibility index (Phi) is 3.53. The summed E-state index contributed by atoms with van der Waals surface area (Å²) in [5.74, 6) is 5.34. The van der Waals surface area contributed by atoms with Crippen molar-refractivity contribution in [1.29, 1.82) is 0 Å². The van der Waals surface area contributed by atoms with Gasteiger partial charge in [-0.2, -0.15) is 5.10 Å². The minimum Gasteiger partial charge on any atom is -0.376 e. The molecule has 1 rings (SSSR count). The van der Waals surface area contributed by atoms with Gasteiger partial charge in [-0.05, 0) is 13.3 Å². The molecular weight excluding hydrogens is 164 g/mol. The fourth-order valence-corrected chi connectivity index (χ4v) is 1.09. The van der Waals surface area contributed by atoms with Crippen molar-refractivity contribution in [2.45, 2.75) is 32.9 Å². The SMILES string of the molecule is CC#CC(O)c1cnn(CCC)c1. The highest BCUT2D eigenvalue weighted by atomic mass is 16.3. The normalized spacial score (nSPS) is 11.9. The van der Waals surface area contributed by atoms with E-state index in [9.17, 15) is 5.11 Å². The number of aromatic nitrogens is 2. The molecule has 3 heteroatoms. The van der Waals surface area contributed by atoms with Gasteiger partial charge in [0.05, 0.1) is 6.20 Å². The molecule has 0 radical (unpaired) electrons. The van der Waals surface area contributed by atoms with Crippen LogP contribution in [0.4, 0.5) is 0 Å². The Morgan fingerprint density at radius 1 is 1.69 bits per heavy atom. The lowest BCUT2D eigenvalue weighted by atomic mass is 10.2. The van der Waals surface area contributed by atoms with E-state index in [0.717, 1.165) is 18.5 Å². The van der Waals surface area contributed by atoms with E-state index < -0.39 is 6.10 Å². The molecule has 0 amide bonds. The first-order valence-corrected chi connectivity index (χ1v) is 4.40. The van der Waals surface area contributed by atoms with Crippen molar-refractivity contribution in [3.63, 3.8) is 0 Å². The number of nitrogens with zero attached hydrogens (tertiary/aromatic N) is 2. The van der Waals surface area contributed by atoms with Gasteiger partial charge in [0.1, 0.15) is 6.10 Å². The smallest absolute Gasteiger partial charge is 0.143 e. The monoisotopic (exact) mass is 178 g/mol. The molecule has 0 saturated heterocycles. The molecule has 13 heavy (non-hydrogen) atoms. The second kappa shape index (κ2) is 4.68. The predicted octanol–water partition coefficient (Wildman–Crippen LogP) is 1.35. The van der Waals surface area contributed by atoms with Gasteiger partial charge in [-0.25, -0.2) is 0 Å². The second-order valence-electron chi connectivity index (χ2n) is 2.83. The molecule has 0 bridgehead atoms. The molecule has 1 atom stereocenters.